The summed E-state index contributed by atoms with van der Waals surface area (Å²) < 4.78 is 16.0. The monoisotopic (exact) mass is 358 g/mol. The molecule has 0 atom stereocenters. The Balaban J connectivity index is 1.77. The number of amides is 2. The zero-order valence-corrected chi connectivity index (χ0v) is 15.5. The minimum Gasteiger partial charge on any atom is -0.497 e. The van der Waals surface area contributed by atoms with E-state index < -0.39 is 0 Å². The molecule has 0 radical (unpaired) electrons. The fourth-order valence-corrected chi connectivity index (χ4v) is 2.49. The van der Waals surface area contributed by atoms with Crippen molar-refractivity contribution < 1.29 is 19.0 Å². The molecule has 6 heteroatoms. The van der Waals surface area contributed by atoms with Gasteiger partial charge in [0.25, 0.3) is 0 Å². The predicted molar refractivity (Wildman–Crippen MR) is 101 cm³/mol. The van der Waals surface area contributed by atoms with Crippen molar-refractivity contribution in [2.75, 3.05) is 27.4 Å². The van der Waals surface area contributed by atoms with Crippen LogP contribution in [0.1, 0.15) is 18.1 Å². The summed E-state index contributed by atoms with van der Waals surface area (Å²) in [6.45, 7) is 3.49. The fraction of sp³-hybridized carbons (Fsp3) is 0.350. The molecule has 0 spiro atoms. The number of hydrogen-bond acceptors (Lipinski definition) is 4. The Morgan fingerprint density at radius 3 is 2.54 bits per heavy atom. The molecule has 0 aliphatic rings. The molecule has 2 aromatic carbocycles. The Morgan fingerprint density at radius 1 is 0.962 bits per heavy atom. The first-order valence-electron chi connectivity index (χ1n) is 8.60. The van der Waals surface area contributed by atoms with Gasteiger partial charge in [-0.05, 0) is 48.7 Å². The van der Waals surface area contributed by atoms with Crippen LogP contribution in [0.4, 0.5) is 4.79 Å². The molecule has 0 fully saturated rings. The molecule has 140 valence electrons. The molecule has 26 heavy (non-hydrogen) atoms. The van der Waals surface area contributed by atoms with Gasteiger partial charge in [0.05, 0.1) is 20.8 Å². The van der Waals surface area contributed by atoms with Gasteiger partial charge in [0.15, 0.2) is 11.5 Å². The first-order valence-corrected chi connectivity index (χ1v) is 8.60. The highest BCUT2D eigenvalue weighted by molar-refractivity contribution is 5.73. The summed E-state index contributed by atoms with van der Waals surface area (Å²) in [4.78, 5) is 11.9. The molecule has 0 heterocycles. The van der Waals surface area contributed by atoms with Crippen LogP contribution in [0.2, 0.25) is 0 Å². The molecule has 2 rings (SSSR count). The van der Waals surface area contributed by atoms with Crippen LogP contribution in [-0.2, 0) is 13.0 Å². The summed E-state index contributed by atoms with van der Waals surface area (Å²) >= 11 is 0. The minimum atomic E-state index is -0.203. The lowest BCUT2D eigenvalue weighted by atomic mass is 10.1. The molecule has 0 unspecified atom stereocenters. The molecule has 0 saturated carbocycles. The summed E-state index contributed by atoms with van der Waals surface area (Å²) in [5, 5.41) is 5.69. The van der Waals surface area contributed by atoms with E-state index in [1.165, 1.54) is 0 Å². The predicted octanol–water partition coefficient (Wildman–Crippen LogP) is 3.14. The lowest BCUT2D eigenvalue weighted by molar-refractivity contribution is 0.240. The SMILES string of the molecule is CCOc1ccc(CCNC(=O)NCc2cccc(OC)c2)cc1OC. The van der Waals surface area contributed by atoms with Crippen molar-refractivity contribution in [2.45, 2.75) is 19.9 Å². The third kappa shape index (κ3) is 5.88. The van der Waals surface area contributed by atoms with E-state index in [2.05, 4.69) is 10.6 Å². The van der Waals surface area contributed by atoms with Crippen LogP contribution in [0, 0.1) is 0 Å². The zero-order valence-electron chi connectivity index (χ0n) is 15.5. The van der Waals surface area contributed by atoms with Gasteiger partial charge in [0, 0.05) is 13.1 Å². The van der Waals surface area contributed by atoms with E-state index >= 15 is 0 Å². The molecule has 2 amide bonds. The van der Waals surface area contributed by atoms with Gasteiger partial charge in [-0.2, -0.15) is 0 Å². The second-order valence-electron chi connectivity index (χ2n) is 5.63. The molecule has 0 aromatic heterocycles. The molecule has 0 aliphatic heterocycles. The largest absolute Gasteiger partial charge is 0.497 e. The lowest BCUT2D eigenvalue weighted by Gasteiger charge is -2.12. The maximum atomic E-state index is 11.9. The molecule has 2 N–H and O–H groups in total. The van der Waals surface area contributed by atoms with E-state index in [0.29, 0.717) is 31.9 Å². The molecular formula is C20H26N2O4. The second-order valence-corrected chi connectivity index (χ2v) is 5.63. The van der Waals surface area contributed by atoms with Crippen molar-refractivity contribution in [3.63, 3.8) is 0 Å². The van der Waals surface area contributed by atoms with Crippen molar-refractivity contribution >= 4 is 6.03 Å². The number of nitrogens with one attached hydrogen (secondary N) is 2. The van der Waals surface area contributed by atoms with Crippen LogP contribution in [0.15, 0.2) is 42.5 Å². The number of carbonyl (C=O) groups excluding carboxylic acids is 1. The van der Waals surface area contributed by atoms with E-state index in [1.807, 2.05) is 49.4 Å². The smallest absolute Gasteiger partial charge is 0.315 e. The van der Waals surface area contributed by atoms with Gasteiger partial charge >= 0.3 is 6.03 Å². The van der Waals surface area contributed by atoms with Crippen molar-refractivity contribution in [1.29, 1.82) is 0 Å². The van der Waals surface area contributed by atoms with E-state index in [9.17, 15) is 4.79 Å². The number of carbonyl (C=O) groups is 1. The third-order valence-corrected chi connectivity index (χ3v) is 3.81. The topological polar surface area (TPSA) is 68.8 Å². The quantitative estimate of drug-likeness (QED) is 0.723. The average Bonchev–Trinajstić information content (AvgIpc) is 2.67. The molecule has 0 bridgehead atoms. The maximum absolute atomic E-state index is 11.9. The van der Waals surface area contributed by atoms with Crippen molar-refractivity contribution in [3.05, 3.63) is 53.6 Å². The standard InChI is InChI=1S/C20H26N2O4/c1-4-26-18-9-8-15(13-19(18)25-3)10-11-21-20(23)22-14-16-6-5-7-17(12-16)24-2/h5-9,12-13H,4,10-11,14H2,1-3H3,(H2,21,22,23). The van der Waals surface area contributed by atoms with E-state index in [4.69, 9.17) is 14.2 Å². The highest BCUT2D eigenvalue weighted by Gasteiger charge is 2.06. The fourth-order valence-electron chi connectivity index (χ4n) is 2.49. The molecule has 0 aliphatic carbocycles. The summed E-state index contributed by atoms with van der Waals surface area (Å²) in [5.41, 5.74) is 2.05. The van der Waals surface area contributed by atoms with Crippen LogP contribution >= 0.6 is 0 Å². The number of methoxy groups -OCH3 is 2. The third-order valence-electron chi connectivity index (χ3n) is 3.81. The Labute approximate surface area is 154 Å². The van der Waals surface area contributed by atoms with Gasteiger partial charge in [-0.1, -0.05) is 18.2 Å². The van der Waals surface area contributed by atoms with E-state index in [0.717, 1.165) is 22.6 Å². The number of rotatable bonds is 9. The zero-order chi connectivity index (χ0) is 18.8. The van der Waals surface area contributed by atoms with Crippen LogP contribution in [0.5, 0.6) is 17.2 Å². The van der Waals surface area contributed by atoms with Crippen molar-refractivity contribution in [1.82, 2.24) is 10.6 Å². The Bertz CT molecular complexity index is 719. The van der Waals surface area contributed by atoms with Gasteiger partial charge in [-0.25, -0.2) is 4.79 Å². The van der Waals surface area contributed by atoms with Gasteiger partial charge < -0.3 is 24.8 Å². The first kappa shape index (κ1) is 19.4. The summed E-state index contributed by atoms with van der Waals surface area (Å²) in [6, 6.07) is 13.2. The first-order chi connectivity index (χ1) is 12.7. The number of ether oxygens (including phenoxy) is 3. The van der Waals surface area contributed by atoms with Gasteiger partial charge in [-0.3, -0.25) is 0 Å². The number of urea groups is 1. The summed E-state index contributed by atoms with van der Waals surface area (Å²) in [6.07, 6.45) is 0.704. The molecule has 0 saturated heterocycles. The van der Waals surface area contributed by atoms with E-state index in [-0.39, 0.29) is 6.03 Å². The van der Waals surface area contributed by atoms with E-state index in [1.54, 1.807) is 14.2 Å². The van der Waals surface area contributed by atoms with Gasteiger partial charge in [0.1, 0.15) is 5.75 Å². The summed E-state index contributed by atoms with van der Waals surface area (Å²) in [7, 11) is 3.24. The van der Waals surface area contributed by atoms with Gasteiger partial charge in [-0.15, -0.1) is 0 Å². The molecular weight excluding hydrogens is 332 g/mol. The molecule has 2 aromatic rings. The highest BCUT2D eigenvalue weighted by atomic mass is 16.5. The normalized spacial score (nSPS) is 10.1. The van der Waals surface area contributed by atoms with Crippen molar-refractivity contribution in [3.8, 4) is 17.2 Å². The summed E-state index contributed by atoms with van der Waals surface area (Å²) in [5.74, 6) is 2.20. The number of benzene rings is 2. The number of hydrogen-bond donors (Lipinski definition) is 2. The maximum Gasteiger partial charge on any atom is 0.315 e. The molecule has 6 nitrogen and oxygen atoms in total. The lowest BCUT2D eigenvalue weighted by Crippen LogP contribution is -2.36. The Kier molecular flexibility index (Phi) is 7.61. The average molecular weight is 358 g/mol. The van der Waals surface area contributed by atoms with Crippen molar-refractivity contribution in [2.24, 2.45) is 0 Å². The second kappa shape index (κ2) is 10.2. The minimum absolute atomic E-state index is 0.203. The Morgan fingerprint density at radius 2 is 1.81 bits per heavy atom. The van der Waals surface area contributed by atoms with Crippen LogP contribution in [0.3, 0.4) is 0 Å². The van der Waals surface area contributed by atoms with Crippen LogP contribution in [-0.4, -0.2) is 33.4 Å². The van der Waals surface area contributed by atoms with Gasteiger partial charge in [0.2, 0.25) is 0 Å². The highest BCUT2D eigenvalue weighted by Crippen LogP contribution is 2.28. The van der Waals surface area contributed by atoms with Crippen LogP contribution < -0.4 is 24.8 Å². The van der Waals surface area contributed by atoms with Crippen LogP contribution in [0.25, 0.3) is 0 Å². The Hall–Kier alpha value is -2.89.